The summed E-state index contributed by atoms with van der Waals surface area (Å²) >= 11 is 0. The Balaban J connectivity index is 3.15. The van der Waals surface area contributed by atoms with E-state index in [9.17, 15) is 26.3 Å². The van der Waals surface area contributed by atoms with Crippen molar-refractivity contribution in [2.75, 3.05) is 6.54 Å². The Morgan fingerprint density at radius 2 is 1.72 bits per heavy atom. The predicted molar refractivity (Wildman–Crippen MR) is 50.7 cm³/mol. The predicted octanol–water partition coefficient (Wildman–Crippen LogP) is 3.67. The highest BCUT2D eigenvalue weighted by Gasteiger charge is 2.61. The van der Waals surface area contributed by atoms with Crippen molar-refractivity contribution in [3.8, 4) is 0 Å². The van der Waals surface area contributed by atoms with Gasteiger partial charge in [0, 0.05) is 0 Å². The van der Waals surface area contributed by atoms with Gasteiger partial charge < -0.3 is 9.73 Å². The van der Waals surface area contributed by atoms with Crippen molar-refractivity contribution in [3.05, 3.63) is 24.2 Å². The average molecular weight is 275 g/mol. The quantitative estimate of drug-likeness (QED) is 0.848. The molecule has 0 bridgehead atoms. The number of halogens is 6. The molecule has 0 amide bonds. The monoisotopic (exact) mass is 275 g/mol. The number of nitrogens with one attached hydrogen (secondary N) is 1. The fourth-order valence-electron chi connectivity index (χ4n) is 1.63. The maximum absolute atomic E-state index is 12.6. The summed E-state index contributed by atoms with van der Waals surface area (Å²) in [5.74, 6) is -3.90. The lowest BCUT2D eigenvalue weighted by molar-refractivity contribution is -0.293. The second-order valence-corrected chi connectivity index (χ2v) is 3.61. The van der Waals surface area contributed by atoms with Crippen LogP contribution in [0.2, 0.25) is 0 Å². The second-order valence-electron chi connectivity index (χ2n) is 3.61. The SMILES string of the molecule is CCNC(c1ccco1)C(C(F)(F)F)C(F)(F)F. The molecule has 0 aliphatic carbocycles. The maximum Gasteiger partial charge on any atom is 0.402 e. The molecule has 8 heteroatoms. The van der Waals surface area contributed by atoms with Gasteiger partial charge in [0.15, 0.2) is 5.92 Å². The molecule has 104 valence electrons. The van der Waals surface area contributed by atoms with Crippen molar-refractivity contribution in [1.82, 2.24) is 5.32 Å². The lowest BCUT2D eigenvalue weighted by Crippen LogP contribution is -2.45. The molecule has 0 aliphatic heterocycles. The van der Waals surface area contributed by atoms with Crippen LogP contribution in [0.25, 0.3) is 0 Å². The zero-order chi connectivity index (χ0) is 14.0. The van der Waals surface area contributed by atoms with Crippen LogP contribution in [0.3, 0.4) is 0 Å². The third-order valence-corrected chi connectivity index (χ3v) is 2.31. The molecule has 1 aromatic heterocycles. The van der Waals surface area contributed by atoms with E-state index in [4.69, 9.17) is 0 Å². The van der Waals surface area contributed by atoms with Crippen LogP contribution in [0.5, 0.6) is 0 Å². The minimum Gasteiger partial charge on any atom is -0.468 e. The van der Waals surface area contributed by atoms with E-state index < -0.39 is 30.1 Å². The maximum atomic E-state index is 12.6. The smallest absolute Gasteiger partial charge is 0.402 e. The first-order chi connectivity index (χ1) is 8.18. The Bertz CT molecular complexity index is 341. The Kier molecular flexibility index (Phi) is 4.31. The Morgan fingerprint density at radius 3 is 2.06 bits per heavy atom. The van der Waals surface area contributed by atoms with Crippen LogP contribution in [-0.2, 0) is 0 Å². The molecule has 1 rings (SSSR count). The van der Waals surface area contributed by atoms with Gasteiger partial charge in [-0.15, -0.1) is 0 Å². The molecule has 1 atom stereocenters. The molecular weight excluding hydrogens is 264 g/mol. The van der Waals surface area contributed by atoms with Crippen molar-refractivity contribution in [3.63, 3.8) is 0 Å². The standard InChI is InChI=1S/C10H11F6NO/c1-2-17-7(6-4-3-5-18-6)8(9(11,12)13)10(14,15)16/h3-5,7-8,17H,2H2,1H3. The molecule has 1 heterocycles. The molecule has 0 radical (unpaired) electrons. The number of hydrogen-bond acceptors (Lipinski definition) is 2. The van der Waals surface area contributed by atoms with Gasteiger partial charge in [-0.3, -0.25) is 0 Å². The first kappa shape index (κ1) is 14.9. The third kappa shape index (κ3) is 3.41. The molecule has 0 spiro atoms. The summed E-state index contributed by atoms with van der Waals surface area (Å²) in [7, 11) is 0. The van der Waals surface area contributed by atoms with Gasteiger partial charge in [0.2, 0.25) is 0 Å². The molecule has 0 fully saturated rings. The minimum absolute atomic E-state index is 0.0476. The lowest BCUT2D eigenvalue weighted by Gasteiger charge is -2.29. The van der Waals surface area contributed by atoms with Crippen molar-refractivity contribution in [2.45, 2.75) is 25.3 Å². The highest BCUT2D eigenvalue weighted by atomic mass is 19.4. The van der Waals surface area contributed by atoms with E-state index >= 15 is 0 Å². The van der Waals surface area contributed by atoms with E-state index in [2.05, 4.69) is 9.73 Å². The van der Waals surface area contributed by atoms with Crippen LogP contribution in [0.15, 0.2) is 22.8 Å². The van der Waals surface area contributed by atoms with Crippen LogP contribution in [0.1, 0.15) is 18.7 Å². The molecule has 0 aromatic carbocycles. The van der Waals surface area contributed by atoms with Crippen molar-refractivity contribution in [1.29, 1.82) is 0 Å². The summed E-state index contributed by atoms with van der Waals surface area (Å²) in [5.41, 5.74) is 0. The van der Waals surface area contributed by atoms with Crippen LogP contribution < -0.4 is 5.32 Å². The summed E-state index contributed by atoms with van der Waals surface area (Å²) in [6.45, 7) is 1.37. The fraction of sp³-hybridized carbons (Fsp3) is 0.600. The van der Waals surface area contributed by atoms with Crippen LogP contribution in [0, 0.1) is 5.92 Å². The van der Waals surface area contributed by atoms with Gasteiger partial charge in [-0.2, -0.15) is 26.3 Å². The van der Waals surface area contributed by atoms with Gasteiger partial charge in [-0.05, 0) is 18.7 Å². The number of alkyl halides is 6. The summed E-state index contributed by atoms with van der Waals surface area (Å²) < 4.78 is 80.1. The Labute approximate surface area is 99.0 Å². The summed E-state index contributed by atoms with van der Waals surface area (Å²) in [6.07, 6.45) is -9.78. The first-order valence-electron chi connectivity index (χ1n) is 5.08. The largest absolute Gasteiger partial charge is 0.468 e. The van der Waals surface area contributed by atoms with E-state index in [1.807, 2.05) is 0 Å². The van der Waals surface area contributed by atoms with Crippen molar-refractivity contribution < 1.29 is 30.8 Å². The molecule has 1 N–H and O–H groups in total. The van der Waals surface area contributed by atoms with E-state index in [-0.39, 0.29) is 6.54 Å². The summed E-state index contributed by atoms with van der Waals surface area (Å²) in [5, 5.41) is 2.16. The van der Waals surface area contributed by atoms with Gasteiger partial charge >= 0.3 is 12.4 Å². The number of furan rings is 1. The van der Waals surface area contributed by atoms with E-state index in [1.54, 1.807) is 0 Å². The lowest BCUT2D eigenvalue weighted by atomic mass is 9.96. The van der Waals surface area contributed by atoms with Crippen LogP contribution in [0.4, 0.5) is 26.3 Å². The highest BCUT2D eigenvalue weighted by molar-refractivity contribution is 5.08. The molecule has 1 aromatic rings. The zero-order valence-corrected chi connectivity index (χ0v) is 9.27. The average Bonchev–Trinajstić information content (AvgIpc) is 2.64. The van der Waals surface area contributed by atoms with E-state index in [1.165, 1.54) is 13.0 Å². The molecule has 2 nitrogen and oxygen atoms in total. The summed E-state index contributed by atoms with van der Waals surface area (Å²) in [4.78, 5) is 0. The fourth-order valence-corrected chi connectivity index (χ4v) is 1.63. The molecule has 1 unspecified atom stereocenters. The zero-order valence-electron chi connectivity index (χ0n) is 9.27. The van der Waals surface area contributed by atoms with E-state index in [0.717, 1.165) is 12.3 Å². The van der Waals surface area contributed by atoms with Gasteiger partial charge in [0.05, 0.1) is 12.3 Å². The number of hydrogen-bond donors (Lipinski definition) is 1. The normalized spacial score (nSPS) is 15.1. The van der Waals surface area contributed by atoms with Gasteiger partial charge in [-0.1, -0.05) is 6.92 Å². The number of rotatable bonds is 4. The van der Waals surface area contributed by atoms with E-state index in [0.29, 0.717) is 0 Å². The molecule has 0 aliphatic rings. The van der Waals surface area contributed by atoms with Crippen molar-refractivity contribution in [2.24, 2.45) is 5.92 Å². The van der Waals surface area contributed by atoms with Gasteiger partial charge in [0.25, 0.3) is 0 Å². The molecule has 18 heavy (non-hydrogen) atoms. The van der Waals surface area contributed by atoms with Crippen LogP contribution in [-0.4, -0.2) is 18.9 Å². The van der Waals surface area contributed by atoms with Gasteiger partial charge in [-0.25, -0.2) is 0 Å². The summed E-state index contributed by atoms with van der Waals surface area (Å²) in [6, 6.07) is 0.339. The highest BCUT2D eigenvalue weighted by Crippen LogP contribution is 2.46. The van der Waals surface area contributed by atoms with Gasteiger partial charge in [0.1, 0.15) is 5.76 Å². The van der Waals surface area contributed by atoms with Crippen LogP contribution >= 0.6 is 0 Å². The Morgan fingerprint density at radius 1 is 1.17 bits per heavy atom. The first-order valence-corrected chi connectivity index (χ1v) is 5.08. The molecule has 0 saturated heterocycles. The second kappa shape index (κ2) is 5.21. The Hall–Kier alpha value is -1.18. The molecular formula is C10H11F6NO. The third-order valence-electron chi connectivity index (χ3n) is 2.31. The topological polar surface area (TPSA) is 25.2 Å². The minimum atomic E-state index is -5.40. The van der Waals surface area contributed by atoms with Crippen molar-refractivity contribution >= 4 is 0 Å². The molecule has 0 saturated carbocycles.